The zero-order valence-corrected chi connectivity index (χ0v) is 5.29. The van der Waals surface area contributed by atoms with Gasteiger partial charge in [-0.3, -0.25) is 0 Å². The fraction of sp³-hybridized carbons (Fsp3) is 0.143. The minimum absolute atomic E-state index is 0.121. The van der Waals surface area contributed by atoms with Crippen LogP contribution in [-0.4, -0.2) is 12.7 Å². The van der Waals surface area contributed by atoms with Crippen LogP contribution in [0.1, 0.15) is 17.2 Å². The van der Waals surface area contributed by atoms with E-state index in [1.807, 2.05) is 31.1 Å². The first-order valence-electron chi connectivity index (χ1n) is 2.86. The summed E-state index contributed by atoms with van der Waals surface area (Å²) in [5.41, 5.74) is 0.775. The molecule has 0 aliphatic heterocycles. The summed E-state index contributed by atoms with van der Waals surface area (Å²) in [5.74, 6) is 1.98. The Morgan fingerprint density at radius 3 is 2.67 bits per heavy atom. The van der Waals surface area contributed by atoms with Crippen molar-refractivity contribution >= 4 is 12.7 Å². The number of ketones is 1. The molecular formula is C7H7BO. The number of hydrogen-bond donors (Lipinski definition) is 0. The van der Waals surface area contributed by atoms with Gasteiger partial charge in [0.15, 0.2) is 0 Å². The summed E-state index contributed by atoms with van der Waals surface area (Å²) in [6.45, 7) is 3.37. The van der Waals surface area contributed by atoms with Crippen LogP contribution in [0.25, 0.3) is 0 Å². The molecular weight excluding hydrogens is 111 g/mol. The van der Waals surface area contributed by atoms with E-state index in [1.165, 1.54) is 0 Å². The Kier molecular flexibility index (Phi) is 1.78. The number of carbonyl (C=O) groups is 1. The summed E-state index contributed by atoms with van der Waals surface area (Å²) in [6, 6.07) is 5.56. The van der Waals surface area contributed by atoms with Crippen molar-refractivity contribution in [1.29, 1.82) is 0 Å². The van der Waals surface area contributed by atoms with E-state index < -0.39 is 0 Å². The van der Waals surface area contributed by atoms with Crippen molar-refractivity contribution < 1.29 is 4.79 Å². The van der Waals surface area contributed by atoms with Gasteiger partial charge < -0.3 is 0 Å². The van der Waals surface area contributed by atoms with E-state index in [0.717, 1.165) is 5.46 Å². The van der Waals surface area contributed by atoms with E-state index in [1.54, 1.807) is 6.92 Å². The predicted molar refractivity (Wildman–Crippen MR) is 37.8 cm³/mol. The summed E-state index contributed by atoms with van der Waals surface area (Å²) in [7, 11) is 0. The third kappa shape index (κ3) is 1.49. The van der Waals surface area contributed by atoms with Crippen LogP contribution in [0.3, 0.4) is 0 Å². The van der Waals surface area contributed by atoms with Gasteiger partial charge in [0.2, 0.25) is 0 Å². The van der Waals surface area contributed by atoms with Crippen LogP contribution >= 0.6 is 0 Å². The number of carbonyl (C=O) groups excluding carboxylic acids is 1. The molecule has 1 aromatic rings. The van der Waals surface area contributed by atoms with Crippen molar-refractivity contribution in [2.45, 2.75) is 6.92 Å². The summed E-state index contributed by atoms with van der Waals surface area (Å²) < 4.78 is 0. The Morgan fingerprint density at radius 1 is 1.56 bits per heavy atom. The second-order valence-corrected chi connectivity index (χ2v) is 1.92. The molecule has 0 radical (unpaired) electrons. The van der Waals surface area contributed by atoms with Crippen LogP contribution in [0.5, 0.6) is 0 Å². The van der Waals surface area contributed by atoms with Gasteiger partial charge in [-0.1, -0.05) is 0 Å². The van der Waals surface area contributed by atoms with E-state index >= 15 is 0 Å². The Labute approximate surface area is 54.9 Å². The molecule has 0 atom stereocenters. The summed E-state index contributed by atoms with van der Waals surface area (Å²) in [5, 5.41) is 0. The fourth-order valence-electron chi connectivity index (χ4n) is 0.673. The number of Topliss-reactive ketones (excluding diaryl/α,β-unsaturated/α-hetero) is 1. The van der Waals surface area contributed by atoms with Gasteiger partial charge in [-0.2, -0.15) is 0 Å². The molecule has 44 valence electrons. The Bertz CT molecular complexity index is 205. The molecule has 9 heavy (non-hydrogen) atoms. The molecule has 0 N–H and O–H groups in total. The second-order valence-electron chi connectivity index (χ2n) is 1.92. The molecule has 1 rings (SSSR count). The molecule has 0 unspecified atom stereocenters. The average Bonchev–Trinajstić information content (AvgIpc) is 1.90. The number of hydrogen-bond acceptors (Lipinski definition) is 1. The Balaban J connectivity index is 2.98. The molecule has 0 aromatic carbocycles. The molecule has 0 aliphatic rings. The van der Waals surface area contributed by atoms with Gasteiger partial charge in [0, 0.05) is 0 Å². The zero-order valence-electron chi connectivity index (χ0n) is 5.29. The van der Waals surface area contributed by atoms with Crippen LogP contribution < -0.4 is 0 Å². The first-order valence-corrected chi connectivity index (χ1v) is 2.86. The quantitative estimate of drug-likeness (QED) is 0.506. The average molecular weight is 118 g/mol. The first kappa shape index (κ1) is 6.21. The van der Waals surface area contributed by atoms with Crippen molar-refractivity contribution in [3.63, 3.8) is 0 Å². The van der Waals surface area contributed by atoms with Crippen molar-refractivity contribution in [2.24, 2.45) is 0 Å². The SMILES string of the molecule is CC(=O)c1bcccc1. The molecule has 0 spiro atoms. The van der Waals surface area contributed by atoms with Crippen molar-refractivity contribution in [3.05, 3.63) is 29.6 Å². The third-order valence-electron chi connectivity index (χ3n) is 1.18. The molecule has 0 fully saturated rings. The van der Waals surface area contributed by atoms with Gasteiger partial charge in [0.05, 0.1) is 0 Å². The standard InChI is InChI=1S/C7H7BO/c1-6(9)7-4-2-3-5-8-7/h2-5H,1H3. The molecule has 0 bridgehead atoms. The second kappa shape index (κ2) is 2.58. The van der Waals surface area contributed by atoms with E-state index in [-0.39, 0.29) is 5.78 Å². The van der Waals surface area contributed by atoms with Crippen LogP contribution in [-0.2, 0) is 0 Å². The fourth-order valence-corrected chi connectivity index (χ4v) is 0.673. The predicted octanol–water partition coefficient (Wildman–Crippen LogP) is 1.23. The monoisotopic (exact) mass is 118 g/mol. The van der Waals surface area contributed by atoms with Gasteiger partial charge in [0.1, 0.15) is 0 Å². The van der Waals surface area contributed by atoms with E-state index in [4.69, 9.17) is 0 Å². The van der Waals surface area contributed by atoms with Gasteiger partial charge in [0.25, 0.3) is 0 Å². The maximum absolute atomic E-state index is 10.6. The van der Waals surface area contributed by atoms with E-state index in [0.29, 0.717) is 0 Å². The van der Waals surface area contributed by atoms with Crippen LogP contribution in [0.15, 0.2) is 24.2 Å². The van der Waals surface area contributed by atoms with Crippen LogP contribution in [0.4, 0.5) is 0 Å². The third-order valence-corrected chi connectivity index (χ3v) is 1.18. The van der Waals surface area contributed by atoms with Gasteiger partial charge in [-0.15, -0.1) is 0 Å². The van der Waals surface area contributed by atoms with Crippen LogP contribution in [0, 0.1) is 0 Å². The van der Waals surface area contributed by atoms with Gasteiger partial charge in [-0.25, -0.2) is 0 Å². The number of rotatable bonds is 1. The maximum atomic E-state index is 10.6. The summed E-state index contributed by atoms with van der Waals surface area (Å²) in [4.78, 5) is 10.6. The molecule has 0 saturated heterocycles. The van der Waals surface area contributed by atoms with Gasteiger partial charge in [-0.05, 0) is 0 Å². The van der Waals surface area contributed by atoms with Gasteiger partial charge >= 0.3 is 54.0 Å². The molecule has 1 heterocycles. The molecule has 0 aliphatic carbocycles. The minimum atomic E-state index is 0.121. The Morgan fingerprint density at radius 2 is 2.33 bits per heavy atom. The molecule has 2 heteroatoms. The summed E-state index contributed by atoms with van der Waals surface area (Å²) >= 11 is 0. The first-order chi connectivity index (χ1) is 4.30. The molecule has 1 nitrogen and oxygen atoms in total. The van der Waals surface area contributed by atoms with Crippen molar-refractivity contribution in [2.75, 3.05) is 0 Å². The normalized spacial score (nSPS) is 8.56. The topological polar surface area (TPSA) is 17.1 Å². The van der Waals surface area contributed by atoms with E-state index in [9.17, 15) is 4.79 Å². The van der Waals surface area contributed by atoms with Crippen LogP contribution in [0.2, 0.25) is 0 Å². The zero-order chi connectivity index (χ0) is 6.69. The van der Waals surface area contributed by atoms with Crippen molar-refractivity contribution in [3.8, 4) is 0 Å². The molecule has 0 amide bonds. The van der Waals surface area contributed by atoms with Crippen molar-refractivity contribution in [1.82, 2.24) is 0 Å². The summed E-state index contributed by atoms with van der Waals surface area (Å²) in [6.07, 6.45) is 0. The van der Waals surface area contributed by atoms with E-state index in [2.05, 4.69) is 0 Å². The molecule has 1 aromatic heterocycles. The Hall–Kier alpha value is -0.915. The molecule has 0 saturated carbocycles.